The second-order valence-electron chi connectivity index (χ2n) is 7.70. The van der Waals surface area contributed by atoms with E-state index in [0.717, 1.165) is 17.4 Å². The van der Waals surface area contributed by atoms with Gasteiger partial charge in [0.15, 0.2) is 0 Å². The summed E-state index contributed by atoms with van der Waals surface area (Å²) in [5.74, 6) is 0.870. The number of rotatable bonds is 6. The quantitative estimate of drug-likeness (QED) is 0.695. The predicted octanol–water partition coefficient (Wildman–Crippen LogP) is 4.38. The third-order valence-electron chi connectivity index (χ3n) is 5.56. The number of carbonyl (C=O) groups is 1. The number of carbonyl (C=O) groups excluding carboxylic acids is 1. The third-order valence-corrected chi connectivity index (χ3v) is 5.56. The third kappa shape index (κ3) is 5.75. The zero-order valence-electron chi connectivity index (χ0n) is 17.3. The number of halogens is 3. The van der Waals surface area contributed by atoms with Gasteiger partial charge in [-0.15, -0.1) is 0 Å². The molecule has 1 amide bonds. The van der Waals surface area contributed by atoms with E-state index in [1.165, 1.54) is 12.1 Å². The predicted molar refractivity (Wildman–Crippen MR) is 109 cm³/mol. The molecular weight excluding hydrogens is 393 g/mol. The first kappa shape index (κ1) is 22.2. The lowest BCUT2D eigenvalue weighted by molar-refractivity contribution is -0.137. The molecule has 4 nitrogen and oxygen atoms in total. The lowest BCUT2D eigenvalue weighted by Crippen LogP contribution is -2.38. The molecule has 2 aromatic carbocycles. The molecule has 2 aromatic rings. The highest BCUT2D eigenvalue weighted by Crippen LogP contribution is 2.30. The monoisotopic (exact) mass is 420 g/mol. The van der Waals surface area contributed by atoms with Gasteiger partial charge in [-0.3, -0.25) is 9.69 Å². The first-order chi connectivity index (χ1) is 14.3. The van der Waals surface area contributed by atoms with Crippen molar-refractivity contribution in [2.45, 2.75) is 38.5 Å². The molecule has 30 heavy (non-hydrogen) atoms. The van der Waals surface area contributed by atoms with Gasteiger partial charge in [-0.1, -0.05) is 30.3 Å². The molecule has 1 atom stereocenters. The molecule has 0 aliphatic carbocycles. The van der Waals surface area contributed by atoms with Crippen molar-refractivity contribution < 1.29 is 22.7 Å². The van der Waals surface area contributed by atoms with E-state index in [9.17, 15) is 18.0 Å². The van der Waals surface area contributed by atoms with Crippen LogP contribution in [0.3, 0.4) is 0 Å². The van der Waals surface area contributed by atoms with E-state index in [1.54, 1.807) is 13.2 Å². The van der Waals surface area contributed by atoms with Gasteiger partial charge in [0.2, 0.25) is 5.91 Å². The van der Waals surface area contributed by atoms with Gasteiger partial charge in [0.25, 0.3) is 0 Å². The second-order valence-corrected chi connectivity index (χ2v) is 7.70. The van der Waals surface area contributed by atoms with Gasteiger partial charge < -0.3 is 9.64 Å². The maximum Gasteiger partial charge on any atom is 0.416 e. The molecular formula is C23H27F3N2O2. The van der Waals surface area contributed by atoms with Crippen LogP contribution in [0.2, 0.25) is 0 Å². The van der Waals surface area contributed by atoms with Crippen LogP contribution in [0.5, 0.6) is 5.75 Å². The Labute approximate surface area is 175 Å². The first-order valence-electron chi connectivity index (χ1n) is 10.1. The Morgan fingerprint density at radius 2 is 1.77 bits per heavy atom. The van der Waals surface area contributed by atoms with Crippen molar-refractivity contribution in [2.24, 2.45) is 0 Å². The van der Waals surface area contributed by atoms with Crippen LogP contribution in [0.1, 0.15) is 30.0 Å². The Morgan fingerprint density at radius 3 is 2.43 bits per heavy atom. The molecule has 162 valence electrons. The zero-order chi connectivity index (χ0) is 21.7. The van der Waals surface area contributed by atoms with Crippen molar-refractivity contribution in [3.63, 3.8) is 0 Å². The van der Waals surface area contributed by atoms with Crippen molar-refractivity contribution in [3.8, 4) is 5.75 Å². The van der Waals surface area contributed by atoms with Crippen LogP contribution >= 0.6 is 0 Å². The van der Waals surface area contributed by atoms with E-state index in [4.69, 9.17) is 4.74 Å². The Bertz CT molecular complexity index is 852. The summed E-state index contributed by atoms with van der Waals surface area (Å²) in [6, 6.07) is 13.2. The largest absolute Gasteiger partial charge is 0.497 e. The molecule has 7 heteroatoms. The van der Waals surface area contributed by atoms with Gasteiger partial charge in [0.05, 0.1) is 12.7 Å². The standard InChI is InChI=1S/C23H27F3N2O2/c1-17(14-19-4-3-5-20(15-19)23(24,25)26)27-11-10-22(29)28(13-12-27)16-18-6-8-21(30-2)9-7-18/h3-9,15,17H,10-14,16H2,1-2H3/t17-/m0/s1. The van der Waals surface area contributed by atoms with Crippen molar-refractivity contribution in [1.29, 1.82) is 0 Å². The maximum atomic E-state index is 13.0. The van der Waals surface area contributed by atoms with Crippen LogP contribution < -0.4 is 4.74 Å². The first-order valence-corrected chi connectivity index (χ1v) is 10.1. The molecule has 0 radical (unpaired) electrons. The molecule has 0 saturated carbocycles. The highest BCUT2D eigenvalue weighted by molar-refractivity contribution is 5.76. The van der Waals surface area contributed by atoms with Crippen LogP contribution in [0.25, 0.3) is 0 Å². The molecule has 0 bridgehead atoms. The minimum Gasteiger partial charge on any atom is -0.497 e. The molecule has 3 rings (SSSR count). The topological polar surface area (TPSA) is 32.8 Å². The van der Waals surface area contributed by atoms with Gasteiger partial charge in [-0.2, -0.15) is 13.2 Å². The number of hydrogen-bond acceptors (Lipinski definition) is 3. The van der Waals surface area contributed by atoms with Gasteiger partial charge in [0, 0.05) is 38.6 Å². The Balaban J connectivity index is 1.60. The molecule has 1 heterocycles. The summed E-state index contributed by atoms with van der Waals surface area (Å²) in [6.07, 6.45) is -3.42. The minimum absolute atomic E-state index is 0.0437. The van der Waals surface area contributed by atoms with Crippen LogP contribution in [0.4, 0.5) is 13.2 Å². The van der Waals surface area contributed by atoms with Gasteiger partial charge in [0.1, 0.15) is 5.75 Å². The van der Waals surface area contributed by atoms with Crippen LogP contribution in [-0.4, -0.2) is 48.5 Å². The van der Waals surface area contributed by atoms with Crippen molar-refractivity contribution in [2.75, 3.05) is 26.7 Å². The molecule has 0 spiro atoms. The summed E-state index contributed by atoms with van der Waals surface area (Å²) in [5.41, 5.74) is 1.07. The van der Waals surface area contributed by atoms with E-state index in [1.807, 2.05) is 36.1 Å². The molecule has 0 aromatic heterocycles. The van der Waals surface area contributed by atoms with E-state index in [-0.39, 0.29) is 11.9 Å². The number of benzene rings is 2. The van der Waals surface area contributed by atoms with Crippen molar-refractivity contribution >= 4 is 5.91 Å². The fourth-order valence-corrected chi connectivity index (χ4v) is 3.79. The zero-order valence-corrected chi connectivity index (χ0v) is 17.3. The summed E-state index contributed by atoms with van der Waals surface area (Å²) >= 11 is 0. The van der Waals surface area contributed by atoms with E-state index >= 15 is 0 Å². The molecule has 1 saturated heterocycles. The normalized spacial score (nSPS) is 17.0. The van der Waals surface area contributed by atoms with Crippen LogP contribution in [0, 0.1) is 0 Å². The number of hydrogen-bond donors (Lipinski definition) is 0. The molecule has 1 aliphatic rings. The highest BCUT2D eigenvalue weighted by atomic mass is 19.4. The summed E-state index contributed by atoms with van der Waals surface area (Å²) in [5, 5.41) is 0. The smallest absolute Gasteiger partial charge is 0.416 e. The number of amides is 1. The molecule has 1 fully saturated rings. The summed E-state index contributed by atoms with van der Waals surface area (Å²) in [6.45, 7) is 4.44. The molecule has 0 N–H and O–H groups in total. The Kier molecular flexibility index (Phi) is 7.02. The fourth-order valence-electron chi connectivity index (χ4n) is 3.79. The van der Waals surface area contributed by atoms with E-state index in [2.05, 4.69) is 4.90 Å². The van der Waals surface area contributed by atoms with E-state index in [0.29, 0.717) is 44.6 Å². The summed E-state index contributed by atoms with van der Waals surface area (Å²) < 4.78 is 44.0. The SMILES string of the molecule is COc1ccc(CN2CCN([C@@H](C)Cc3cccc(C(F)(F)F)c3)CCC2=O)cc1. The van der Waals surface area contributed by atoms with Crippen molar-refractivity contribution in [3.05, 3.63) is 65.2 Å². The molecule has 0 unspecified atom stereocenters. The van der Waals surface area contributed by atoms with Crippen LogP contribution in [-0.2, 0) is 23.9 Å². The van der Waals surface area contributed by atoms with Gasteiger partial charge >= 0.3 is 6.18 Å². The van der Waals surface area contributed by atoms with Gasteiger partial charge in [-0.25, -0.2) is 0 Å². The number of alkyl halides is 3. The number of methoxy groups -OCH3 is 1. The Hall–Kier alpha value is -2.54. The summed E-state index contributed by atoms with van der Waals surface area (Å²) in [4.78, 5) is 16.6. The lowest BCUT2D eigenvalue weighted by Gasteiger charge is -2.28. The Morgan fingerprint density at radius 1 is 1.03 bits per heavy atom. The average molecular weight is 420 g/mol. The highest BCUT2D eigenvalue weighted by Gasteiger charge is 2.30. The number of ether oxygens (including phenoxy) is 1. The fraction of sp³-hybridized carbons (Fsp3) is 0.435. The number of nitrogens with zero attached hydrogens (tertiary/aromatic N) is 2. The average Bonchev–Trinajstić information content (AvgIpc) is 2.90. The second kappa shape index (κ2) is 9.51. The molecule has 1 aliphatic heterocycles. The van der Waals surface area contributed by atoms with Crippen LogP contribution in [0.15, 0.2) is 48.5 Å². The maximum absolute atomic E-state index is 13.0. The minimum atomic E-state index is -4.34. The van der Waals surface area contributed by atoms with E-state index < -0.39 is 11.7 Å². The lowest BCUT2D eigenvalue weighted by atomic mass is 10.0. The summed E-state index contributed by atoms with van der Waals surface area (Å²) in [7, 11) is 1.61. The van der Waals surface area contributed by atoms with Gasteiger partial charge in [-0.05, 0) is 42.7 Å². The van der Waals surface area contributed by atoms with Crippen molar-refractivity contribution in [1.82, 2.24) is 9.80 Å².